The smallest absolute Gasteiger partial charge is 0.236 e. The molecule has 0 bridgehead atoms. The van der Waals surface area contributed by atoms with Crippen molar-refractivity contribution in [2.75, 3.05) is 39.3 Å². The van der Waals surface area contributed by atoms with Gasteiger partial charge < -0.3 is 4.90 Å². The molecule has 2 fully saturated rings. The zero-order chi connectivity index (χ0) is 16.1. The zero-order valence-corrected chi connectivity index (χ0v) is 15.1. The van der Waals surface area contributed by atoms with E-state index in [2.05, 4.69) is 39.1 Å². The highest BCUT2D eigenvalue weighted by atomic mass is 32.1. The van der Waals surface area contributed by atoms with E-state index in [0.29, 0.717) is 18.5 Å². The van der Waals surface area contributed by atoms with Crippen LogP contribution < -0.4 is 0 Å². The molecule has 0 radical (unpaired) electrons. The summed E-state index contributed by atoms with van der Waals surface area (Å²) >= 11 is 1.82. The molecule has 3 heterocycles. The van der Waals surface area contributed by atoms with Gasteiger partial charge in [0.05, 0.1) is 6.54 Å². The monoisotopic (exact) mass is 335 g/mol. The summed E-state index contributed by atoms with van der Waals surface area (Å²) < 4.78 is 0. The molecule has 1 aromatic rings. The van der Waals surface area contributed by atoms with Crippen LogP contribution in [0.1, 0.15) is 37.5 Å². The van der Waals surface area contributed by atoms with Crippen molar-refractivity contribution in [3.8, 4) is 0 Å². The minimum Gasteiger partial charge on any atom is -0.339 e. The van der Waals surface area contributed by atoms with E-state index in [1.807, 2.05) is 11.3 Å². The van der Waals surface area contributed by atoms with Gasteiger partial charge in [-0.15, -0.1) is 11.3 Å². The minimum absolute atomic E-state index is 0.334. The van der Waals surface area contributed by atoms with Crippen molar-refractivity contribution in [2.45, 2.75) is 45.2 Å². The fraction of sp³-hybridized carbons (Fsp3) is 0.722. The van der Waals surface area contributed by atoms with Crippen molar-refractivity contribution in [3.05, 3.63) is 22.4 Å². The van der Waals surface area contributed by atoms with Gasteiger partial charge in [-0.1, -0.05) is 19.4 Å². The molecule has 0 aromatic carbocycles. The first kappa shape index (κ1) is 16.9. The maximum Gasteiger partial charge on any atom is 0.236 e. The lowest BCUT2D eigenvalue weighted by molar-refractivity contribution is -0.135. The molecule has 0 spiro atoms. The molecule has 5 heteroatoms. The van der Waals surface area contributed by atoms with Crippen LogP contribution in [0.2, 0.25) is 0 Å². The summed E-state index contributed by atoms with van der Waals surface area (Å²) in [7, 11) is 0. The number of rotatable bonds is 5. The molecular weight excluding hydrogens is 306 g/mol. The molecule has 128 valence electrons. The predicted octanol–water partition coefficient (Wildman–Crippen LogP) is 2.66. The van der Waals surface area contributed by atoms with Gasteiger partial charge in [-0.2, -0.15) is 0 Å². The number of amides is 1. The van der Waals surface area contributed by atoms with Crippen molar-refractivity contribution < 1.29 is 4.79 Å². The van der Waals surface area contributed by atoms with Crippen molar-refractivity contribution in [3.63, 3.8) is 0 Å². The Labute approximate surface area is 144 Å². The van der Waals surface area contributed by atoms with Crippen LogP contribution in [0.25, 0.3) is 0 Å². The average Bonchev–Trinajstić information content (AvgIpc) is 3.09. The van der Waals surface area contributed by atoms with Crippen LogP contribution in [0.5, 0.6) is 0 Å². The van der Waals surface area contributed by atoms with Gasteiger partial charge in [0.1, 0.15) is 0 Å². The highest BCUT2D eigenvalue weighted by molar-refractivity contribution is 7.09. The van der Waals surface area contributed by atoms with E-state index in [4.69, 9.17) is 0 Å². The Hall–Kier alpha value is -0.910. The van der Waals surface area contributed by atoms with E-state index in [9.17, 15) is 4.79 Å². The Morgan fingerprint density at radius 1 is 1.22 bits per heavy atom. The largest absolute Gasteiger partial charge is 0.339 e. The Morgan fingerprint density at radius 2 is 2.04 bits per heavy atom. The van der Waals surface area contributed by atoms with Crippen molar-refractivity contribution >= 4 is 17.2 Å². The Kier molecular flexibility index (Phi) is 6.08. The van der Waals surface area contributed by atoms with Gasteiger partial charge in [0.25, 0.3) is 0 Å². The number of piperidine rings is 1. The van der Waals surface area contributed by atoms with E-state index in [1.165, 1.54) is 30.6 Å². The van der Waals surface area contributed by atoms with Crippen molar-refractivity contribution in [1.82, 2.24) is 14.7 Å². The molecule has 1 aromatic heterocycles. The number of likely N-dealkylation sites (tertiary alicyclic amines) is 1. The molecule has 23 heavy (non-hydrogen) atoms. The number of thiophene rings is 1. The van der Waals surface area contributed by atoms with E-state index in [1.54, 1.807) is 0 Å². The topological polar surface area (TPSA) is 26.8 Å². The van der Waals surface area contributed by atoms with E-state index >= 15 is 0 Å². The molecule has 1 unspecified atom stereocenters. The van der Waals surface area contributed by atoms with Crippen LogP contribution in [-0.2, 0) is 11.3 Å². The Balaban J connectivity index is 1.44. The van der Waals surface area contributed by atoms with Crippen LogP contribution in [0.4, 0.5) is 0 Å². The van der Waals surface area contributed by atoms with Gasteiger partial charge in [0, 0.05) is 43.6 Å². The van der Waals surface area contributed by atoms with Crippen molar-refractivity contribution in [2.24, 2.45) is 0 Å². The van der Waals surface area contributed by atoms with Gasteiger partial charge in [0.2, 0.25) is 5.91 Å². The molecular formula is C18H29N3OS. The predicted molar refractivity (Wildman–Crippen MR) is 95.7 cm³/mol. The molecule has 4 nitrogen and oxygen atoms in total. The molecule has 2 saturated heterocycles. The first-order valence-corrected chi connectivity index (χ1v) is 9.91. The number of hydrogen-bond donors (Lipinski definition) is 0. The summed E-state index contributed by atoms with van der Waals surface area (Å²) in [5.41, 5.74) is 0. The SMILES string of the molecule is CCC1CCCCN1CC(=O)N1CCN(Cc2cccs2)CC1. The minimum atomic E-state index is 0.334. The summed E-state index contributed by atoms with van der Waals surface area (Å²) in [6.45, 7) is 8.78. The van der Waals surface area contributed by atoms with Crippen LogP contribution in [-0.4, -0.2) is 65.9 Å². The van der Waals surface area contributed by atoms with Gasteiger partial charge in [0.15, 0.2) is 0 Å². The maximum atomic E-state index is 12.6. The normalized spacial score (nSPS) is 24.0. The van der Waals surface area contributed by atoms with Crippen LogP contribution >= 0.6 is 11.3 Å². The lowest BCUT2D eigenvalue weighted by Gasteiger charge is -2.38. The molecule has 0 N–H and O–H groups in total. The van der Waals surface area contributed by atoms with Gasteiger partial charge in [-0.3, -0.25) is 14.6 Å². The van der Waals surface area contributed by atoms with E-state index < -0.39 is 0 Å². The second kappa shape index (κ2) is 8.27. The second-order valence-corrected chi connectivity index (χ2v) is 7.80. The molecule has 0 saturated carbocycles. The summed E-state index contributed by atoms with van der Waals surface area (Å²) in [6.07, 6.45) is 5.00. The number of piperazine rings is 1. The first-order chi connectivity index (χ1) is 11.3. The summed E-state index contributed by atoms with van der Waals surface area (Å²) in [5, 5.41) is 2.14. The van der Waals surface area contributed by atoms with Gasteiger partial charge >= 0.3 is 0 Å². The lowest BCUT2D eigenvalue weighted by atomic mass is 10.00. The number of nitrogens with zero attached hydrogens (tertiary/aromatic N) is 3. The number of carbonyl (C=O) groups excluding carboxylic acids is 1. The van der Waals surface area contributed by atoms with E-state index in [0.717, 1.165) is 39.3 Å². The Morgan fingerprint density at radius 3 is 2.74 bits per heavy atom. The van der Waals surface area contributed by atoms with Crippen molar-refractivity contribution in [1.29, 1.82) is 0 Å². The molecule has 1 atom stereocenters. The third-order valence-electron chi connectivity index (χ3n) is 5.24. The van der Waals surface area contributed by atoms with Gasteiger partial charge in [-0.05, 0) is 37.3 Å². The zero-order valence-electron chi connectivity index (χ0n) is 14.2. The first-order valence-electron chi connectivity index (χ1n) is 9.03. The van der Waals surface area contributed by atoms with Crippen LogP contribution in [0.15, 0.2) is 17.5 Å². The second-order valence-electron chi connectivity index (χ2n) is 6.76. The Bertz CT molecular complexity index is 482. The summed E-state index contributed by atoms with van der Waals surface area (Å²) in [6, 6.07) is 4.93. The number of carbonyl (C=O) groups is 1. The quantitative estimate of drug-likeness (QED) is 0.828. The van der Waals surface area contributed by atoms with E-state index in [-0.39, 0.29) is 0 Å². The highest BCUT2D eigenvalue weighted by Gasteiger charge is 2.26. The highest BCUT2D eigenvalue weighted by Crippen LogP contribution is 2.19. The third-order valence-corrected chi connectivity index (χ3v) is 6.10. The molecule has 0 aliphatic carbocycles. The summed E-state index contributed by atoms with van der Waals surface area (Å²) in [4.78, 5) is 21.0. The third kappa shape index (κ3) is 4.55. The molecule has 2 aliphatic heterocycles. The lowest BCUT2D eigenvalue weighted by Crippen LogP contribution is -2.52. The van der Waals surface area contributed by atoms with Crippen LogP contribution in [0.3, 0.4) is 0 Å². The standard InChI is InChI=1S/C18H29N3OS/c1-2-16-6-3-4-8-21(16)15-18(22)20-11-9-19(10-12-20)14-17-7-5-13-23-17/h5,7,13,16H,2-4,6,8-12,14-15H2,1H3. The molecule has 3 rings (SSSR count). The van der Waals surface area contributed by atoms with Gasteiger partial charge in [-0.25, -0.2) is 0 Å². The molecule has 2 aliphatic rings. The molecule has 1 amide bonds. The maximum absolute atomic E-state index is 12.6. The number of hydrogen-bond acceptors (Lipinski definition) is 4. The fourth-order valence-electron chi connectivity index (χ4n) is 3.78. The fourth-order valence-corrected chi connectivity index (χ4v) is 4.53. The average molecular weight is 336 g/mol. The van der Waals surface area contributed by atoms with Crippen LogP contribution in [0, 0.1) is 0 Å². The summed E-state index contributed by atoms with van der Waals surface area (Å²) in [5.74, 6) is 0.334.